The Balaban J connectivity index is 2.87. The van der Waals surface area contributed by atoms with Gasteiger partial charge in [-0.3, -0.25) is 9.36 Å². The number of rotatable bonds is 1. The fourth-order valence-corrected chi connectivity index (χ4v) is 2.63. The summed E-state index contributed by atoms with van der Waals surface area (Å²) in [6.45, 7) is 0. The first-order valence-electron chi connectivity index (χ1n) is 3.57. The van der Waals surface area contributed by atoms with Crippen LogP contribution in [0.15, 0.2) is 23.0 Å². The molecule has 0 bridgehead atoms. The average Bonchev–Trinajstić information content (AvgIpc) is 2.39. The molecule has 1 heterocycles. The number of alkyl halides is 1. The van der Waals surface area contributed by atoms with Crippen LogP contribution < -0.4 is 4.87 Å². The summed E-state index contributed by atoms with van der Waals surface area (Å²) in [5, 5.41) is 0.635. The summed E-state index contributed by atoms with van der Waals surface area (Å²) in [6.07, 6.45) is 0. The van der Waals surface area contributed by atoms with Gasteiger partial charge >= 0.3 is 4.87 Å². The summed E-state index contributed by atoms with van der Waals surface area (Å²) in [6, 6.07) is 5.50. The molecular formula is C8H5Cl2NOS. The molecule has 0 amide bonds. The van der Waals surface area contributed by atoms with E-state index >= 15 is 0 Å². The minimum Gasteiger partial charge on any atom is -0.284 e. The lowest BCUT2D eigenvalue weighted by atomic mass is 10.3. The molecule has 0 saturated heterocycles. The Morgan fingerprint density at radius 2 is 2.23 bits per heavy atom. The Labute approximate surface area is 88.3 Å². The zero-order chi connectivity index (χ0) is 9.42. The van der Waals surface area contributed by atoms with Crippen LogP contribution in [0.3, 0.4) is 0 Å². The molecule has 0 aliphatic rings. The minimum absolute atomic E-state index is 0.0488. The molecule has 0 saturated carbocycles. The molecule has 0 unspecified atom stereocenters. The van der Waals surface area contributed by atoms with Crippen molar-refractivity contribution in [3.63, 3.8) is 0 Å². The number of halogens is 2. The van der Waals surface area contributed by atoms with Gasteiger partial charge in [-0.2, -0.15) is 0 Å². The largest absolute Gasteiger partial charge is 0.309 e. The fourth-order valence-electron chi connectivity index (χ4n) is 1.15. The number of thiazole rings is 1. The van der Waals surface area contributed by atoms with E-state index in [9.17, 15) is 4.79 Å². The molecule has 0 radical (unpaired) electrons. The van der Waals surface area contributed by atoms with Gasteiger partial charge in [-0.15, -0.1) is 11.6 Å². The van der Waals surface area contributed by atoms with Gasteiger partial charge in [-0.05, 0) is 18.2 Å². The van der Waals surface area contributed by atoms with E-state index in [0.717, 1.165) is 21.6 Å². The zero-order valence-corrected chi connectivity index (χ0v) is 8.79. The monoisotopic (exact) mass is 233 g/mol. The van der Waals surface area contributed by atoms with E-state index in [2.05, 4.69) is 0 Å². The summed E-state index contributed by atoms with van der Waals surface area (Å²) in [4.78, 5) is 11.3. The van der Waals surface area contributed by atoms with Gasteiger partial charge in [0.05, 0.1) is 10.2 Å². The predicted octanol–water partition coefficient (Wildman–Crippen LogP) is 2.91. The van der Waals surface area contributed by atoms with Crippen LogP contribution in [0.5, 0.6) is 0 Å². The molecule has 2 aromatic rings. The maximum Gasteiger partial charge on any atom is 0.309 e. The molecule has 0 atom stereocenters. The third-order valence-electron chi connectivity index (χ3n) is 1.75. The summed E-state index contributed by atoms with van der Waals surface area (Å²) < 4.78 is 2.39. The molecule has 0 spiro atoms. The maximum atomic E-state index is 11.3. The van der Waals surface area contributed by atoms with Gasteiger partial charge in [-0.25, -0.2) is 0 Å². The third-order valence-corrected chi connectivity index (χ3v) is 3.17. The number of benzene rings is 1. The van der Waals surface area contributed by atoms with Crippen molar-refractivity contribution in [2.45, 2.75) is 6.00 Å². The Kier molecular flexibility index (Phi) is 2.32. The molecule has 0 N–H and O–H groups in total. The smallest absolute Gasteiger partial charge is 0.284 e. The highest BCUT2D eigenvalue weighted by atomic mass is 35.5. The van der Waals surface area contributed by atoms with Crippen molar-refractivity contribution in [1.82, 2.24) is 4.57 Å². The second-order valence-corrected chi connectivity index (χ2v) is 4.20. The Hall–Kier alpha value is -0.510. The van der Waals surface area contributed by atoms with Crippen molar-refractivity contribution in [1.29, 1.82) is 0 Å². The van der Waals surface area contributed by atoms with Crippen molar-refractivity contribution < 1.29 is 0 Å². The topological polar surface area (TPSA) is 22.0 Å². The van der Waals surface area contributed by atoms with Crippen molar-refractivity contribution in [3.8, 4) is 0 Å². The Morgan fingerprint density at radius 1 is 1.46 bits per heavy atom. The maximum absolute atomic E-state index is 11.3. The SMILES string of the molecule is O=c1sc2cc(Cl)ccc2n1CCl. The molecule has 0 aliphatic heterocycles. The van der Waals surface area contributed by atoms with E-state index < -0.39 is 0 Å². The molecule has 1 aromatic carbocycles. The number of nitrogens with zero attached hydrogens (tertiary/aromatic N) is 1. The molecule has 0 aliphatic carbocycles. The molecule has 2 rings (SSSR count). The second-order valence-electron chi connectivity index (χ2n) is 2.53. The molecule has 0 fully saturated rings. The molecule has 5 heteroatoms. The van der Waals surface area contributed by atoms with E-state index in [1.807, 2.05) is 0 Å². The second kappa shape index (κ2) is 3.33. The van der Waals surface area contributed by atoms with Crippen LogP contribution >= 0.6 is 34.5 Å². The third kappa shape index (κ3) is 1.47. The molecular weight excluding hydrogens is 229 g/mol. The molecule has 13 heavy (non-hydrogen) atoms. The minimum atomic E-state index is -0.0488. The molecule has 68 valence electrons. The van der Waals surface area contributed by atoms with Gasteiger partial charge in [0.15, 0.2) is 0 Å². The van der Waals surface area contributed by atoms with Crippen LogP contribution in [-0.2, 0) is 6.00 Å². The van der Waals surface area contributed by atoms with Gasteiger partial charge in [0.25, 0.3) is 0 Å². The predicted molar refractivity (Wildman–Crippen MR) is 56.9 cm³/mol. The summed E-state index contributed by atoms with van der Waals surface area (Å²) in [5.41, 5.74) is 0.842. The van der Waals surface area contributed by atoms with E-state index in [1.165, 1.54) is 4.57 Å². The zero-order valence-electron chi connectivity index (χ0n) is 6.46. The normalized spacial score (nSPS) is 10.9. The van der Waals surface area contributed by atoms with E-state index in [-0.39, 0.29) is 10.9 Å². The van der Waals surface area contributed by atoms with Crippen LogP contribution in [0.2, 0.25) is 5.02 Å². The number of hydrogen-bond donors (Lipinski definition) is 0. The number of hydrogen-bond acceptors (Lipinski definition) is 2. The summed E-state index contributed by atoms with van der Waals surface area (Å²) in [7, 11) is 0. The number of fused-ring (bicyclic) bond motifs is 1. The van der Waals surface area contributed by atoms with Crippen LogP contribution in [0, 0.1) is 0 Å². The van der Waals surface area contributed by atoms with Crippen LogP contribution in [0.4, 0.5) is 0 Å². The first-order chi connectivity index (χ1) is 6.22. The average molecular weight is 234 g/mol. The highest BCUT2D eigenvalue weighted by molar-refractivity contribution is 7.16. The van der Waals surface area contributed by atoms with Gasteiger partial charge < -0.3 is 0 Å². The van der Waals surface area contributed by atoms with E-state index in [0.29, 0.717) is 5.02 Å². The van der Waals surface area contributed by atoms with Gasteiger partial charge in [0.1, 0.15) is 6.00 Å². The summed E-state index contributed by atoms with van der Waals surface area (Å²) in [5.74, 6) is 0. The lowest BCUT2D eigenvalue weighted by molar-refractivity contribution is 0.904. The van der Waals surface area contributed by atoms with Crippen molar-refractivity contribution in [2.24, 2.45) is 0 Å². The highest BCUT2D eigenvalue weighted by Gasteiger charge is 2.05. The number of aromatic nitrogens is 1. The van der Waals surface area contributed by atoms with E-state index in [1.54, 1.807) is 18.2 Å². The lowest BCUT2D eigenvalue weighted by Gasteiger charge is -1.95. The van der Waals surface area contributed by atoms with E-state index in [4.69, 9.17) is 23.2 Å². The van der Waals surface area contributed by atoms with Crippen molar-refractivity contribution in [2.75, 3.05) is 0 Å². The van der Waals surface area contributed by atoms with Gasteiger partial charge in [-0.1, -0.05) is 22.9 Å². The molecule has 2 nitrogen and oxygen atoms in total. The standard InChI is InChI=1S/C8H5Cl2NOS/c9-4-11-6-2-1-5(10)3-7(6)13-8(11)12/h1-3H,4H2. The molecule has 1 aromatic heterocycles. The van der Waals surface area contributed by atoms with Crippen LogP contribution in [-0.4, -0.2) is 4.57 Å². The van der Waals surface area contributed by atoms with Gasteiger partial charge in [0.2, 0.25) is 0 Å². The first kappa shape index (κ1) is 9.06. The van der Waals surface area contributed by atoms with Crippen molar-refractivity contribution >= 4 is 44.8 Å². The Morgan fingerprint density at radius 3 is 2.92 bits per heavy atom. The fraction of sp³-hybridized carbons (Fsp3) is 0.125. The quantitative estimate of drug-likeness (QED) is 0.695. The summed E-state index contributed by atoms with van der Waals surface area (Å²) >= 11 is 12.6. The van der Waals surface area contributed by atoms with Crippen LogP contribution in [0.25, 0.3) is 10.2 Å². The lowest BCUT2D eigenvalue weighted by Crippen LogP contribution is -2.09. The van der Waals surface area contributed by atoms with Crippen LogP contribution in [0.1, 0.15) is 0 Å². The Bertz CT molecular complexity index is 502. The highest BCUT2D eigenvalue weighted by Crippen LogP contribution is 2.21. The van der Waals surface area contributed by atoms with Crippen molar-refractivity contribution in [3.05, 3.63) is 32.9 Å². The first-order valence-corrected chi connectivity index (χ1v) is 5.30. The van der Waals surface area contributed by atoms with Gasteiger partial charge in [0, 0.05) is 5.02 Å².